The quantitative estimate of drug-likeness (QED) is 0.663. The van der Waals surface area contributed by atoms with E-state index in [2.05, 4.69) is 45.9 Å². The van der Waals surface area contributed by atoms with Crippen LogP contribution in [0.1, 0.15) is 56.7 Å². The number of rotatable bonds is 4. The van der Waals surface area contributed by atoms with Crippen molar-refractivity contribution in [2.75, 3.05) is 0 Å². The molecule has 0 nitrogen and oxygen atoms in total. The first-order valence-electron chi connectivity index (χ1n) is 5.84. The van der Waals surface area contributed by atoms with Gasteiger partial charge in [-0.15, -0.1) is 0 Å². The Morgan fingerprint density at radius 2 is 1.79 bits per heavy atom. The maximum atomic E-state index is 2.38. The number of aryl methyl sites for hydroxylation is 2. The van der Waals surface area contributed by atoms with Crippen LogP contribution < -0.4 is 0 Å². The van der Waals surface area contributed by atoms with Crippen molar-refractivity contribution in [3.63, 3.8) is 0 Å². The van der Waals surface area contributed by atoms with Gasteiger partial charge in [-0.05, 0) is 41.9 Å². The SMILES string of the molecule is CCc1ccc(C(C)CC)c(CC)c1. The Balaban J connectivity index is 3.04. The van der Waals surface area contributed by atoms with E-state index in [1.54, 1.807) is 11.1 Å². The molecule has 0 saturated carbocycles. The summed E-state index contributed by atoms with van der Waals surface area (Å²) < 4.78 is 0. The average molecular weight is 190 g/mol. The van der Waals surface area contributed by atoms with Crippen molar-refractivity contribution in [1.29, 1.82) is 0 Å². The lowest BCUT2D eigenvalue weighted by Gasteiger charge is -2.15. The Kier molecular flexibility index (Phi) is 4.19. The molecule has 0 heterocycles. The molecule has 1 aromatic carbocycles. The third kappa shape index (κ3) is 2.37. The van der Waals surface area contributed by atoms with Crippen LogP contribution in [0, 0.1) is 0 Å². The van der Waals surface area contributed by atoms with Crippen LogP contribution in [-0.4, -0.2) is 0 Å². The van der Waals surface area contributed by atoms with E-state index in [4.69, 9.17) is 0 Å². The molecule has 0 aliphatic rings. The zero-order valence-corrected chi connectivity index (χ0v) is 9.93. The van der Waals surface area contributed by atoms with Crippen molar-refractivity contribution in [2.24, 2.45) is 0 Å². The molecule has 0 saturated heterocycles. The normalized spacial score (nSPS) is 12.9. The Morgan fingerprint density at radius 3 is 2.29 bits per heavy atom. The molecule has 14 heavy (non-hydrogen) atoms. The summed E-state index contributed by atoms with van der Waals surface area (Å²) in [4.78, 5) is 0. The molecule has 1 aromatic rings. The third-order valence-electron chi connectivity index (χ3n) is 3.14. The van der Waals surface area contributed by atoms with Gasteiger partial charge in [-0.3, -0.25) is 0 Å². The minimum atomic E-state index is 0.704. The van der Waals surface area contributed by atoms with Gasteiger partial charge < -0.3 is 0 Å². The highest BCUT2D eigenvalue weighted by atomic mass is 14.1. The largest absolute Gasteiger partial charge is 0.0648 e. The van der Waals surface area contributed by atoms with E-state index in [1.807, 2.05) is 0 Å². The summed E-state index contributed by atoms with van der Waals surface area (Å²) in [6.45, 7) is 9.05. The molecule has 0 aromatic heterocycles. The molecule has 0 bridgehead atoms. The minimum Gasteiger partial charge on any atom is -0.0648 e. The van der Waals surface area contributed by atoms with Gasteiger partial charge in [0.25, 0.3) is 0 Å². The second-order valence-corrected chi connectivity index (χ2v) is 4.05. The van der Waals surface area contributed by atoms with Gasteiger partial charge in [-0.1, -0.05) is 45.9 Å². The Labute approximate surface area is 88.4 Å². The van der Waals surface area contributed by atoms with Crippen molar-refractivity contribution >= 4 is 0 Å². The van der Waals surface area contributed by atoms with Crippen LogP contribution in [0.3, 0.4) is 0 Å². The second-order valence-electron chi connectivity index (χ2n) is 4.05. The van der Waals surface area contributed by atoms with Crippen LogP contribution in [0.25, 0.3) is 0 Å². The van der Waals surface area contributed by atoms with E-state index in [-0.39, 0.29) is 0 Å². The van der Waals surface area contributed by atoms with E-state index in [0.717, 1.165) is 12.8 Å². The Morgan fingerprint density at radius 1 is 1.07 bits per heavy atom. The van der Waals surface area contributed by atoms with Crippen LogP contribution in [0.15, 0.2) is 18.2 Å². The molecule has 1 rings (SSSR count). The van der Waals surface area contributed by atoms with Gasteiger partial charge in [0.15, 0.2) is 0 Å². The predicted octanol–water partition coefficient (Wildman–Crippen LogP) is 4.32. The van der Waals surface area contributed by atoms with Crippen LogP contribution in [0.2, 0.25) is 0 Å². The zero-order chi connectivity index (χ0) is 10.6. The van der Waals surface area contributed by atoms with E-state index in [9.17, 15) is 0 Å². The summed E-state index contributed by atoms with van der Waals surface area (Å²) in [6.07, 6.45) is 3.54. The van der Waals surface area contributed by atoms with Crippen molar-refractivity contribution in [3.05, 3.63) is 34.9 Å². The maximum absolute atomic E-state index is 2.38. The summed E-state index contributed by atoms with van der Waals surface area (Å²) in [6, 6.07) is 6.98. The van der Waals surface area contributed by atoms with Gasteiger partial charge in [0, 0.05) is 0 Å². The van der Waals surface area contributed by atoms with Gasteiger partial charge in [-0.2, -0.15) is 0 Å². The molecular formula is C14H22. The van der Waals surface area contributed by atoms with Gasteiger partial charge in [0.2, 0.25) is 0 Å². The first-order chi connectivity index (χ1) is 6.72. The lowest BCUT2D eigenvalue weighted by molar-refractivity contribution is 0.722. The standard InChI is InChI=1S/C14H22/c1-5-11(4)14-9-8-12(6-2)10-13(14)7-3/h8-11H,5-7H2,1-4H3. The van der Waals surface area contributed by atoms with E-state index in [0.29, 0.717) is 5.92 Å². The lowest BCUT2D eigenvalue weighted by atomic mass is 9.91. The smallest absolute Gasteiger partial charge is 0.0190 e. The summed E-state index contributed by atoms with van der Waals surface area (Å²) in [5.41, 5.74) is 4.56. The van der Waals surface area contributed by atoms with Crippen molar-refractivity contribution in [2.45, 2.75) is 52.9 Å². The topological polar surface area (TPSA) is 0 Å². The second kappa shape index (κ2) is 5.19. The molecule has 0 N–H and O–H groups in total. The maximum Gasteiger partial charge on any atom is -0.0190 e. The van der Waals surface area contributed by atoms with Crippen LogP contribution >= 0.6 is 0 Å². The Hall–Kier alpha value is -0.780. The van der Waals surface area contributed by atoms with Crippen LogP contribution in [-0.2, 0) is 12.8 Å². The van der Waals surface area contributed by atoms with Gasteiger partial charge in [-0.25, -0.2) is 0 Å². The lowest BCUT2D eigenvalue weighted by Crippen LogP contribution is -1.98. The molecular weight excluding hydrogens is 168 g/mol. The van der Waals surface area contributed by atoms with Crippen molar-refractivity contribution < 1.29 is 0 Å². The summed E-state index contributed by atoms with van der Waals surface area (Å²) >= 11 is 0. The number of hydrogen-bond acceptors (Lipinski definition) is 0. The third-order valence-corrected chi connectivity index (χ3v) is 3.14. The monoisotopic (exact) mass is 190 g/mol. The highest BCUT2D eigenvalue weighted by Crippen LogP contribution is 2.24. The number of hydrogen-bond donors (Lipinski definition) is 0. The molecule has 78 valence electrons. The minimum absolute atomic E-state index is 0.704. The molecule has 0 aliphatic carbocycles. The summed E-state index contributed by atoms with van der Waals surface area (Å²) in [5.74, 6) is 0.704. The molecule has 0 aliphatic heterocycles. The Bertz CT molecular complexity index is 286. The van der Waals surface area contributed by atoms with Gasteiger partial charge in [0.1, 0.15) is 0 Å². The fourth-order valence-corrected chi connectivity index (χ4v) is 1.89. The molecule has 0 radical (unpaired) electrons. The van der Waals surface area contributed by atoms with Crippen molar-refractivity contribution in [1.82, 2.24) is 0 Å². The van der Waals surface area contributed by atoms with Crippen LogP contribution in [0.4, 0.5) is 0 Å². The van der Waals surface area contributed by atoms with E-state index < -0.39 is 0 Å². The molecule has 0 amide bonds. The van der Waals surface area contributed by atoms with E-state index in [1.165, 1.54) is 12.0 Å². The molecule has 1 atom stereocenters. The average Bonchev–Trinajstić information content (AvgIpc) is 2.27. The first kappa shape index (κ1) is 11.3. The molecule has 0 fully saturated rings. The first-order valence-corrected chi connectivity index (χ1v) is 5.84. The predicted molar refractivity (Wildman–Crippen MR) is 63.9 cm³/mol. The highest BCUT2D eigenvalue weighted by molar-refractivity contribution is 5.34. The summed E-state index contributed by atoms with van der Waals surface area (Å²) in [5, 5.41) is 0. The fraction of sp³-hybridized carbons (Fsp3) is 0.571. The van der Waals surface area contributed by atoms with Gasteiger partial charge >= 0.3 is 0 Å². The number of benzene rings is 1. The van der Waals surface area contributed by atoms with E-state index >= 15 is 0 Å². The zero-order valence-electron chi connectivity index (χ0n) is 9.93. The fourth-order valence-electron chi connectivity index (χ4n) is 1.89. The van der Waals surface area contributed by atoms with Gasteiger partial charge in [0.05, 0.1) is 0 Å². The van der Waals surface area contributed by atoms with Crippen molar-refractivity contribution in [3.8, 4) is 0 Å². The highest BCUT2D eigenvalue weighted by Gasteiger charge is 2.07. The van der Waals surface area contributed by atoms with Crippen LogP contribution in [0.5, 0.6) is 0 Å². The molecule has 0 heteroatoms. The molecule has 1 unspecified atom stereocenters. The summed E-state index contributed by atoms with van der Waals surface area (Å²) in [7, 11) is 0. The molecule has 0 spiro atoms.